The first-order chi connectivity index (χ1) is 6.05. The molecule has 1 heteroatoms. The smallest absolute Gasteiger partial charge is 0.0472 e. The van der Waals surface area contributed by atoms with Gasteiger partial charge < -0.3 is 0 Å². The van der Waals surface area contributed by atoms with Crippen molar-refractivity contribution in [1.82, 2.24) is 4.98 Å². The van der Waals surface area contributed by atoms with Crippen LogP contribution < -0.4 is 0 Å². The molecular weight excluding hydrogens is 158 g/mol. The van der Waals surface area contributed by atoms with E-state index in [1.807, 2.05) is 12.3 Å². The molecule has 0 saturated carbocycles. The summed E-state index contributed by atoms with van der Waals surface area (Å²) in [5, 5.41) is 0. The Balaban J connectivity index is 2.61. The standard InChI is InChI=1S/C12H17N/c1-8-9(2)12(3,4)10-6-5-7-13-11(8)10/h5-9H,1-4H3/t8-,9-/m1/s1. The van der Waals surface area contributed by atoms with E-state index in [1.165, 1.54) is 11.3 Å². The minimum atomic E-state index is 0.295. The van der Waals surface area contributed by atoms with Crippen LogP contribution in [0.3, 0.4) is 0 Å². The van der Waals surface area contributed by atoms with Gasteiger partial charge in [-0.2, -0.15) is 0 Å². The normalized spacial score (nSPS) is 30.2. The van der Waals surface area contributed by atoms with Crippen molar-refractivity contribution in [2.45, 2.75) is 39.0 Å². The minimum Gasteiger partial charge on any atom is -0.261 e. The molecule has 0 aliphatic heterocycles. The second-order valence-corrected chi connectivity index (χ2v) is 4.74. The molecule has 1 aliphatic carbocycles. The third-order valence-corrected chi connectivity index (χ3v) is 3.85. The minimum absolute atomic E-state index is 0.295. The van der Waals surface area contributed by atoms with Crippen LogP contribution in [0, 0.1) is 5.92 Å². The Labute approximate surface area is 80.2 Å². The third-order valence-electron chi connectivity index (χ3n) is 3.85. The summed E-state index contributed by atoms with van der Waals surface area (Å²) in [6.45, 7) is 9.25. The first kappa shape index (κ1) is 8.74. The van der Waals surface area contributed by atoms with Gasteiger partial charge in [-0.25, -0.2) is 0 Å². The molecule has 1 aliphatic rings. The highest BCUT2D eigenvalue weighted by molar-refractivity contribution is 5.37. The molecule has 2 atom stereocenters. The van der Waals surface area contributed by atoms with Gasteiger partial charge in [-0.1, -0.05) is 33.8 Å². The molecule has 1 heterocycles. The molecule has 0 radical (unpaired) electrons. The summed E-state index contributed by atoms with van der Waals surface area (Å²) >= 11 is 0. The maximum atomic E-state index is 4.49. The zero-order valence-electron chi connectivity index (χ0n) is 8.83. The van der Waals surface area contributed by atoms with Crippen molar-refractivity contribution >= 4 is 0 Å². The summed E-state index contributed by atoms with van der Waals surface area (Å²) in [5.74, 6) is 1.30. The van der Waals surface area contributed by atoms with Crippen LogP contribution in [0.1, 0.15) is 44.9 Å². The van der Waals surface area contributed by atoms with Crippen molar-refractivity contribution < 1.29 is 0 Å². The lowest BCUT2D eigenvalue weighted by molar-refractivity contribution is 0.341. The topological polar surface area (TPSA) is 12.9 Å². The predicted octanol–water partition coefficient (Wildman–Crippen LogP) is 3.11. The summed E-state index contributed by atoms with van der Waals surface area (Å²) in [4.78, 5) is 4.49. The van der Waals surface area contributed by atoms with Gasteiger partial charge >= 0.3 is 0 Å². The Morgan fingerprint density at radius 3 is 2.62 bits per heavy atom. The van der Waals surface area contributed by atoms with Gasteiger partial charge in [0.1, 0.15) is 0 Å². The Bertz CT molecular complexity index is 328. The average Bonchev–Trinajstić information content (AvgIpc) is 2.30. The summed E-state index contributed by atoms with van der Waals surface area (Å²) in [6, 6.07) is 4.27. The molecule has 13 heavy (non-hydrogen) atoms. The molecule has 0 spiro atoms. The van der Waals surface area contributed by atoms with Gasteiger partial charge in [0.25, 0.3) is 0 Å². The van der Waals surface area contributed by atoms with Gasteiger partial charge in [0, 0.05) is 17.8 Å². The van der Waals surface area contributed by atoms with E-state index < -0.39 is 0 Å². The zero-order valence-corrected chi connectivity index (χ0v) is 8.83. The van der Waals surface area contributed by atoms with Crippen molar-refractivity contribution in [2.75, 3.05) is 0 Å². The maximum Gasteiger partial charge on any atom is 0.0472 e. The van der Waals surface area contributed by atoms with E-state index in [4.69, 9.17) is 0 Å². The molecule has 0 fully saturated rings. The molecule has 0 amide bonds. The van der Waals surface area contributed by atoms with Gasteiger partial charge in [-0.05, 0) is 23.0 Å². The quantitative estimate of drug-likeness (QED) is 0.590. The molecule has 1 aromatic rings. The van der Waals surface area contributed by atoms with Crippen molar-refractivity contribution in [1.29, 1.82) is 0 Å². The fourth-order valence-corrected chi connectivity index (χ4v) is 2.43. The molecule has 70 valence electrons. The van der Waals surface area contributed by atoms with E-state index in [2.05, 4.69) is 38.7 Å². The highest BCUT2D eigenvalue weighted by atomic mass is 14.7. The molecular formula is C12H17N. The maximum absolute atomic E-state index is 4.49. The molecule has 0 N–H and O–H groups in total. The first-order valence-corrected chi connectivity index (χ1v) is 5.00. The van der Waals surface area contributed by atoms with Gasteiger partial charge in [-0.3, -0.25) is 4.98 Å². The molecule has 1 nitrogen and oxygen atoms in total. The fourth-order valence-electron chi connectivity index (χ4n) is 2.43. The summed E-state index contributed by atoms with van der Waals surface area (Å²) in [7, 11) is 0. The fraction of sp³-hybridized carbons (Fsp3) is 0.583. The Morgan fingerprint density at radius 1 is 1.31 bits per heavy atom. The lowest BCUT2D eigenvalue weighted by Crippen LogP contribution is -2.22. The van der Waals surface area contributed by atoms with Crippen LogP contribution in [-0.2, 0) is 5.41 Å². The van der Waals surface area contributed by atoms with E-state index in [9.17, 15) is 0 Å². The number of pyridine rings is 1. The largest absolute Gasteiger partial charge is 0.261 e. The van der Waals surface area contributed by atoms with Crippen LogP contribution in [-0.4, -0.2) is 4.98 Å². The van der Waals surface area contributed by atoms with Crippen LogP contribution in [0.15, 0.2) is 18.3 Å². The number of nitrogens with zero attached hydrogens (tertiary/aromatic N) is 1. The summed E-state index contributed by atoms with van der Waals surface area (Å²) < 4.78 is 0. The monoisotopic (exact) mass is 175 g/mol. The van der Waals surface area contributed by atoms with Gasteiger partial charge in [0.15, 0.2) is 0 Å². The van der Waals surface area contributed by atoms with Gasteiger partial charge in [-0.15, -0.1) is 0 Å². The average molecular weight is 175 g/mol. The highest BCUT2D eigenvalue weighted by Crippen LogP contribution is 2.48. The number of hydrogen-bond acceptors (Lipinski definition) is 1. The number of rotatable bonds is 0. The van der Waals surface area contributed by atoms with E-state index in [1.54, 1.807) is 0 Å². The Hall–Kier alpha value is -0.850. The molecule has 0 aromatic carbocycles. The molecule has 0 bridgehead atoms. The predicted molar refractivity (Wildman–Crippen MR) is 54.8 cm³/mol. The molecule has 2 rings (SSSR count). The number of aromatic nitrogens is 1. The number of fused-ring (bicyclic) bond motifs is 1. The Kier molecular flexibility index (Phi) is 1.73. The summed E-state index contributed by atoms with van der Waals surface area (Å²) in [6.07, 6.45) is 1.91. The van der Waals surface area contributed by atoms with Crippen molar-refractivity contribution in [2.24, 2.45) is 5.92 Å². The van der Waals surface area contributed by atoms with Crippen LogP contribution in [0.2, 0.25) is 0 Å². The van der Waals surface area contributed by atoms with E-state index in [0.717, 1.165) is 0 Å². The van der Waals surface area contributed by atoms with Crippen molar-refractivity contribution in [3.63, 3.8) is 0 Å². The van der Waals surface area contributed by atoms with Gasteiger partial charge in [0.2, 0.25) is 0 Å². The number of hydrogen-bond donors (Lipinski definition) is 0. The van der Waals surface area contributed by atoms with E-state index in [0.29, 0.717) is 17.3 Å². The lowest BCUT2D eigenvalue weighted by atomic mass is 9.78. The Morgan fingerprint density at radius 2 is 2.00 bits per heavy atom. The second-order valence-electron chi connectivity index (χ2n) is 4.74. The van der Waals surface area contributed by atoms with E-state index in [-0.39, 0.29) is 0 Å². The zero-order chi connectivity index (χ0) is 9.64. The SMILES string of the molecule is C[C@@H]1[C@@H](C)c2ncccc2C1(C)C. The van der Waals surface area contributed by atoms with Crippen LogP contribution in [0.4, 0.5) is 0 Å². The lowest BCUT2D eigenvalue weighted by Gasteiger charge is -2.26. The summed E-state index contributed by atoms with van der Waals surface area (Å²) in [5.41, 5.74) is 3.04. The molecule has 0 saturated heterocycles. The molecule has 0 unspecified atom stereocenters. The van der Waals surface area contributed by atoms with E-state index >= 15 is 0 Å². The van der Waals surface area contributed by atoms with Crippen LogP contribution >= 0.6 is 0 Å². The van der Waals surface area contributed by atoms with Crippen molar-refractivity contribution in [3.05, 3.63) is 29.6 Å². The highest BCUT2D eigenvalue weighted by Gasteiger charge is 2.41. The second kappa shape index (κ2) is 2.57. The van der Waals surface area contributed by atoms with Gasteiger partial charge in [0.05, 0.1) is 0 Å². The first-order valence-electron chi connectivity index (χ1n) is 5.00. The van der Waals surface area contributed by atoms with Crippen molar-refractivity contribution in [3.8, 4) is 0 Å². The van der Waals surface area contributed by atoms with Crippen LogP contribution in [0.5, 0.6) is 0 Å². The molecule has 1 aromatic heterocycles. The van der Waals surface area contributed by atoms with Crippen LogP contribution in [0.25, 0.3) is 0 Å². The third kappa shape index (κ3) is 1.03.